The van der Waals surface area contributed by atoms with Crippen molar-refractivity contribution in [2.24, 2.45) is 0 Å². The zero-order chi connectivity index (χ0) is 14.3. The molecular formula is C15H14FNO3. The molecule has 0 aliphatic rings. The molecule has 0 amide bonds. The maximum atomic E-state index is 13.5. The molecule has 0 spiro atoms. The average Bonchev–Trinajstić information content (AvgIpc) is 2.82. The number of rotatable bonds is 3. The molecule has 0 radical (unpaired) electrons. The minimum Gasteiger partial charge on any atom is -0.493 e. The van der Waals surface area contributed by atoms with E-state index in [1.807, 2.05) is 6.07 Å². The highest BCUT2D eigenvalue weighted by Gasteiger charge is 2.19. The van der Waals surface area contributed by atoms with Gasteiger partial charge < -0.3 is 19.2 Å². The molecule has 1 heterocycles. The number of nitrogens with one attached hydrogen (secondary N) is 1. The Labute approximate surface area is 115 Å². The lowest BCUT2D eigenvalue weighted by Crippen LogP contribution is -1.95. The van der Waals surface area contributed by atoms with Crippen LogP contribution in [0.15, 0.2) is 24.3 Å². The maximum absolute atomic E-state index is 13.5. The summed E-state index contributed by atoms with van der Waals surface area (Å²) in [5.74, 6) is 1.31. The van der Waals surface area contributed by atoms with Crippen LogP contribution in [0.4, 0.5) is 4.39 Å². The summed E-state index contributed by atoms with van der Waals surface area (Å²) in [6.07, 6.45) is 0. The summed E-state index contributed by atoms with van der Waals surface area (Å²) in [6, 6.07) is 6.41. The molecule has 0 aliphatic heterocycles. The van der Waals surface area contributed by atoms with E-state index in [4.69, 9.17) is 14.2 Å². The lowest BCUT2D eigenvalue weighted by atomic mass is 10.1. The molecule has 2 aromatic carbocycles. The number of hydrogen-bond acceptors (Lipinski definition) is 3. The van der Waals surface area contributed by atoms with E-state index >= 15 is 0 Å². The molecule has 0 bridgehead atoms. The Morgan fingerprint density at radius 3 is 2.30 bits per heavy atom. The zero-order valence-electron chi connectivity index (χ0n) is 11.4. The Kier molecular flexibility index (Phi) is 2.89. The van der Waals surface area contributed by atoms with Gasteiger partial charge in [-0.15, -0.1) is 0 Å². The molecule has 0 saturated carbocycles. The van der Waals surface area contributed by atoms with Gasteiger partial charge in [-0.1, -0.05) is 0 Å². The van der Waals surface area contributed by atoms with Gasteiger partial charge in [0, 0.05) is 16.3 Å². The van der Waals surface area contributed by atoms with E-state index in [9.17, 15) is 4.39 Å². The number of aromatic nitrogens is 1. The van der Waals surface area contributed by atoms with Gasteiger partial charge in [0.2, 0.25) is 5.75 Å². The lowest BCUT2D eigenvalue weighted by molar-refractivity contribution is 0.327. The molecule has 3 aromatic rings. The summed E-state index contributed by atoms with van der Waals surface area (Å²) in [7, 11) is 4.66. The number of halogens is 1. The van der Waals surface area contributed by atoms with E-state index in [0.717, 1.165) is 21.8 Å². The number of methoxy groups -OCH3 is 3. The van der Waals surface area contributed by atoms with E-state index in [2.05, 4.69) is 4.98 Å². The van der Waals surface area contributed by atoms with Gasteiger partial charge in [0.25, 0.3) is 0 Å². The van der Waals surface area contributed by atoms with Gasteiger partial charge in [0.1, 0.15) is 5.82 Å². The van der Waals surface area contributed by atoms with Crippen LogP contribution < -0.4 is 14.2 Å². The molecule has 1 aromatic heterocycles. The van der Waals surface area contributed by atoms with E-state index in [1.54, 1.807) is 27.4 Å². The predicted octanol–water partition coefficient (Wildman–Crippen LogP) is 3.49. The molecule has 0 unspecified atom stereocenters. The van der Waals surface area contributed by atoms with Crippen molar-refractivity contribution in [3.05, 3.63) is 30.1 Å². The van der Waals surface area contributed by atoms with Crippen molar-refractivity contribution in [1.82, 2.24) is 4.98 Å². The van der Waals surface area contributed by atoms with Crippen LogP contribution in [-0.2, 0) is 0 Å². The van der Waals surface area contributed by atoms with Crippen molar-refractivity contribution in [3.8, 4) is 17.2 Å². The highest BCUT2D eigenvalue weighted by Crippen LogP contribution is 2.45. The lowest BCUT2D eigenvalue weighted by Gasteiger charge is -2.12. The van der Waals surface area contributed by atoms with Gasteiger partial charge in [-0.05, 0) is 24.3 Å². The Morgan fingerprint density at radius 2 is 1.65 bits per heavy atom. The topological polar surface area (TPSA) is 43.5 Å². The first-order valence-corrected chi connectivity index (χ1v) is 6.09. The van der Waals surface area contributed by atoms with Crippen LogP contribution in [0.1, 0.15) is 0 Å². The number of aromatic amines is 1. The first-order chi connectivity index (χ1) is 9.69. The smallest absolute Gasteiger partial charge is 0.205 e. The zero-order valence-corrected chi connectivity index (χ0v) is 11.4. The largest absolute Gasteiger partial charge is 0.493 e. The highest BCUT2D eigenvalue weighted by atomic mass is 19.1. The first kappa shape index (κ1) is 12.6. The minimum absolute atomic E-state index is 0.285. The van der Waals surface area contributed by atoms with Crippen LogP contribution in [0.3, 0.4) is 0 Å². The summed E-state index contributed by atoms with van der Waals surface area (Å²) in [5.41, 5.74) is 1.58. The summed E-state index contributed by atoms with van der Waals surface area (Å²) in [6.45, 7) is 0. The fourth-order valence-corrected chi connectivity index (χ4v) is 2.48. The SMILES string of the molecule is COc1cc2c([nH]c3ccc(F)cc32)c(OC)c1OC. The number of benzene rings is 2. The second kappa shape index (κ2) is 4.59. The molecule has 3 rings (SSSR count). The number of fused-ring (bicyclic) bond motifs is 3. The van der Waals surface area contributed by atoms with E-state index in [0.29, 0.717) is 17.2 Å². The predicted molar refractivity (Wildman–Crippen MR) is 75.4 cm³/mol. The number of H-pyrrole nitrogens is 1. The van der Waals surface area contributed by atoms with E-state index in [1.165, 1.54) is 12.1 Å². The van der Waals surface area contributed by atoms with Crippen molar-refractivity contribution in [2.45, 2.75) is 0 Å². The molecule has 5 heteroatoms. The van der Waals surface area contributed by atoms with Crippen molar-refractivity contribution in [1.29, 1.82) is 0 Å². The monoisotopic (exact) mass is 275 g/mol. The number of ether oxygens (including phenoxy) is 3. The van der Waals surface area contributed by atoms with Gasteiger partial charge in [0.15, 0.2) is 11.5 Å². The third-order valence-electron chi connectivity index (χ3n) is 3.36. The first-order valence-electron chi connectivity index (χ1n) is 6.09. The van der Waals surface area contributed by atoms with Crippen LogP contribution >= 0.6 is 0 Å². The van der Waals surface area contributed by atoms with Crippen LogP contribution in [0.2, 0.25) is 0 Å². The van der Waals surface area contributed by atoms with Crippen LogP contribution in [-0.4, -0.2) is 26.3 Å². The molecular weight excluding hydrogens is 261 g/mol. The fourth-order valence-electron chi connectivity index (χ4n) is 2.48. The number of hydrogen-bond donors (Lipinski definition) is 1. The normalized spacial score (nSPS) is 11.0. The second-order valence-electron chi connectivity index (χ2n) is 4.38. The van der Waals surface area contributed by atoms with Crippen LogP contribution in [0, 0.1) is 5.82 Å². The Hall–Kier alpha value is -2.43. The van der Waals surface area contributed by atoms with Crippen LogP contribution in [0.25, 0.3) is 21.8 Å². The molecule has 20 heavy (non-hydrogen) atoms. The maximum Gasteiger partial charge on any atom is 0.205 e. The summed E-state index contributed by atoms with van der Waals surface area (Å²) >= 11 is 0. The Morgan fingerprint density at radius 1 is 0.900 bits per heavy atom. The third kappa shape index (κ3) is 1.66. The van der Waals surface area contributed by atoms with Crippen LogP contribution in [0.5, 0.6) is 17.2 Å². The third-order valence-corrected chi connectivity index (χ3v) is 3.36. The van der Waals surface area contributed by atoms with Gasteiger partial charge in [0.05, 0.1) is 26.8 Å². The molecule has 0 aliphatic carbocycles. The van der Waals surface area contributed by atoms with Gasteiger partial charge >= 0.3 is 0 Å². The van der Waals surface area contributed by atoms with E-state index in [-0.39, 0.29) is 5.82 Å². The molecule has 0 saturated heterocycles. The molecule has 0 fully saturated rings. The van der Waals surface area contributed by atoms with Gasteiger partial charge in [-0.3, -0.25) is 0 Å². The molecule has 1 N–H and O–H groups in total. The Bertz CT molecular complexity index is 795. The Balaban J connectivity index is 2.49. The van der Waals surface area contributed by atoms with Gasteiger partial charge in [-0.25, -0.2) is 4.39 Å². The quantitative estimate of drug-likeness (QED) is 0.795. The van der Waals surface area contributed by atoms with Crippen molar-refractivity contribution in [2.75, 3.05) is 21.3 Å². The van der Waals surface area contributed by atoms with Crippen molar-refractivity contribution < 1.29 is 18.6 Å². The highest BCUT2D eigenvalue weighted by molar-refractivity contribution is 6.10. The standard InChI is InChI=1S/C15H14FNO3/c1-18-12-7-10-9-6-8(16)4-5-11(9)17-13(10)15(20-3)14(12)19-2/h4-7,17H,1-3H3. The summed E-state index contributed by atoms with van der Waals surface area (Å²) < 4.78 is 29.5. The molecule has 4 nitrogen and oxygen atoms in total. The summed E-state index contributed by atoms with van der Waals surface area (Å²) in [5, 5.41) is 1.60. The van der Waals surface area contributed by atoms with Gasteiger partial charge in [-0.2, -0.15) is 0 Å². The van der Waals surface area contributed by atoms with E-state index < -0.39 is 0 Å². The van der Waals surface area contributed by atoms with Crippen molar-refractivity contribution >= 4 is 21.8 Å². The summed E-state index contributed by atoms with van der Waals surface area (Å²) in [4.78, 5) is 3.22. The molecule has 104 valence electrons. The second-order valence-corrected chi connectivity index (χ2v) is 4.38. The molecule has 0 atom stereocenters. The minimum atomic E-state index is -0.285. The fraction of sp³-hybridized carbons (Fsp3) is 0.200. The van der Waals surface area contributed by atoms with Crippen molar-refractivity contribution in [3.63, 3.8) is 0 Å². The average molecular weight is 275 g/mol.